The van der Waals surface area contributed by atoms with Crippen LogP contribution in [-0.4, -0.2) is 48.7 Å². The predicted octanol–water partition coefficient (Wildman–Crippen LogP) is -1.05. The third-order valence-corrected chi connectivity index (χ3v) is 1.99. The van der Waals surface area contributed by atoms with Crippen LogP contribution < -0.4 is 11.1 Å². The summed E-state index contributed by atoms with van der Waals surface area (Å²) >= 11 is 0. The number of nitrogens with two attached hydrogens (primary N) is 1. The number of hydrogen-bond donors (Lipinski definition) is 4. The lowest BCUT2D eigenvalue weighted by Crippen LogP contribution is -2.34. The van der Waals surface area contributed by atoms with E-state index >= 15 is 0 Å². The summed E-state index contributed by atoms with van der Waals surface area (Å²) in [5, 5.41) is 20.6. The van der Waals surface area contributed by atoms with Gasteiger partial charge in [-0.15, -0.1) is 0 Å². The number of unbranched alkanes of at least 4 members (excludes halogenated alkanes) is 2. The maximum absolute atomic E-state index is 10.4. The highest BCUT2D eigenvalue weighted by molar-refractivity contribution is 5.73. The number of hydrogen-bond acceptors (Lipinski definition) is 5. The first kappa shape index (κ1) is 15.3. The Kier molecular flexibility index (Phi) is 10.3. The molecule has 0 aliphatic heterocycles. The molecule has 0 saturated heterocycles. The zero-order chi connectivity index (χ0) is 12.2. The van der Waals surface area contributed by atoms with E-state index in [1.54, 1.807) is 0 Å². The summed E-state index contributed by atoms with van der Waals surface area (Å²) in [6.07, 6.45) is 2.28. The van der Waals surface area contributed by atoms with Crippen molar-refractivity contribution in [2.75, 3.05) is 26.4 Å². The molecule has 1 amide bonds. The molecule has 0 heterocycles. The van der Waals surface area contributed by atoms with E-state index in [0.29, 0.717) is 13.0 Å². The fourth-order valence-electron chi connectivity index (χ4n) is 1.19. The number of ether oxygens (including phenoxy) is 1. The molecule has 0 rings (SSSR count). The molecule has 6 heteroatoms. The van der Waals surface area contributed by atoms with Crippen molar-refractivity contribution in [3.05, 3.63) is 0 Å². The maximum atomic E-state index is 10.4. The highest BCUT2D eigenvalue weighted by Gasteiger charge is 2.02. The monoisotopic (exact) mass is 234 g/mol. The van der Waals surface area contributed by atoms with Crippen LogP contribution in [0.3, 0.4) is 0 Å². The molecule has 0 unspecified atom stereocenters. The van der Waals surface area contributed by atoms with Gasteiger partial charge in [0.1, 0.15) is 6.23 Å². The second kappa shape index (κ2) is 10.8. The minimum absolute atomic E-state index is 0.0418. The fraction of sp³-hybridized carbons (Fsp3) is 0.900. The van der Waals surface area contributed by atoms with Crippen LogP contribution in [0.2, 0.25) is 0 Å². The van der Waals surface area contributed by atoms with Crippen molar-refractivity contribution in [3.63, 3.8) is 0 Å². The first-order chi connectivity index (χ1) is 7.66. The summed E-state index contributed by atoms with van der Waals surface area (Å²) in [4.78, 5) is 10.4. The van der Waals surface area contributed by atoms with Gasteiger partial charge in [0.05, 0.1) is 19.8 Å². The van der Waals surface area contributed by atoms with Crippen LogP contribution in [-0.2, 0) is 9.53 Å². The Morgan fingerprint density at radius 1 is 1.38 bits per heavy atom. The van der Waals surface area contributed by atoms with Crippen molar-refractivity contribution in [3.8, 4) is 0 Å². The Morgan fingerprint density at radius 3 is 2.75 bits per heavy atom. The van der Waals surface area contributed by atoms with Crippen molar-refractivity contribution in [1.29, 1.82) is 0 Å². The minimum atomic E-state index is -0.706. The second-order valence-corrected chi connectivity index (χ2v) is 3.55. The van der Waals surface area contributed by atoms with Gasteiger partial charge in [-0.3, -0.25) is 10.1 Å². The minimum Gasteiger partial charge on any atom is -0.394 e. The molecule has 0 aliphatic carbocycles. The molecule has 96 valence electrons. The quantitative estimate of drug-likeness (QED) is 0.270. The SMILES string of the molecule is NC(=O)CCCCCN[C@@H](O)COCCO. The number of aliphatic hydroxyl groups is 2. The summed E-state index contributed by atoms with van der Waals surface area (Å²) in [6.45, 7) is 1.03. The molecule has 16 heavy (non-hydrogen) atoms. The van der Waals surface area contributed by atoms with Crippen LogP contribution in [0.5, 0.6) is 0 Å². The van der Waals surface area contributed by atoms with Gasteiger partial charge in [0.25, 0.3) is 0 Å². The second-order valence-electron chi connectivity index (χ2n) is 3.55. The normalized spacial score (nSPS) is 12.6. The molecular formula is C10H22N2O4. The molecule has 0 aromatic carbocycles. The van der Waals surface area contributed by atoms with Gasteiger partial charge in [0, 0.05) is 6.42 Å². The van der Waals surface area contributed by atoms with Crippen LogP contribution in [0.4, 0.5) is 0 Å². The first-order valence-corrected chi connectivity index (χ1v) is 5.55. The standard InChI is InChI=1S/C10H22N2O4/c11-9(14)4-2-1-3-5-12-10(15)8-16-7-6-13/h10,12-13,15H,1-8H2,(H2,11,14)/t10-/m0/s1. The Morgan fingerprint density at radius 2 is 2.12 bits per heavy atom. The zero-order valence-electron chi connectivity index (χ0n) is 9.52. The molecule has 0 saturated carbocycles. The number of carbonyl (C=O) groups is 1. The molecule has 6 nitrogen and oxygen atoms in total. The number of primary amides is 1. The molecule has 0 aromatic heterocycles. The van der Waals surface area contributed by atoms with Crippen molar-refractivity contribution in [2.24, 2.45) is 5.73 Å². The van der Waals surface area contributed by atoms with Crippen LogP contribution in [0.15, 0.2) is 0 Å². The van der Waals surface area contributed by atoms with E-state index in [2.05, 4.69) is 5.32 Å². The van der Waals surface area contributed by atoms with E-state index < -0.39 is 6.23 Å². The lowest BCUT2D eigenvalue weighted by molar-refractivity contribution is -0.118. The Balaban J connectivity index is 3.14. The maximum Gasteiger partial charge on any atom is 0.217 e. The number of carbonyl (C=O) groups excluding carboxylic acids is 1. The van der Waals surface area contributed by atoms with Gasteiger partial charge in [-0.25, -0.2) is 0 Å². The molecule has 0 aromatic rings. The van der Waals surface area contributed by atoms with Gasteiger partial charge in [-0.1, -0.05) is 6.42 Å². The van der Waals surface area contributed by atoms with E-state index in [4.69, 9.17) is 15.6 Å². The lowest BCUT2D eigenvalue weighted by Gasteiger charge is -2.12. The molecule has 0 spiro atoms. The summed E-state index contributed by atoms with van der Waals surface area (Å²) < 4.78 is 4.93. The Hall–Kier alpha value is -0.690. The molecular weight excluding hydrogens is 212 g/mol. The third-order valence-electron chi connectivity index (χ3n) is 1.99. The van der Waals surface area contributed by atoms with Crippen LogP contribution >= 0.6 is 0 Å². The summed E-state index contributed by atoms with van der Waals surface area (Å²) in [7, 11) is 0. The molecule has 0 bridgehead atoms. The summed E-state index contributed by atoms with van der Waals surface area (Å²) in [6, 6.07) is 0. The predicted molar refractivity (Wildman–Crippen MR) is 59.6 cm³/mol. The number of amides is 1. The van der Waals surface area contributed by atoms with Crippen molar-refractivity contribution in [1.82, 2.24) is 5.32 Å². The van der Waals surface area contributed by atoms with Gasteiger partial charge in [-0.05, 0) is 19.4 Å². The highest BCUT2D eigenvalue weighted by atomic mass is 16.5. The molecule has 0 radical (unpaired) electrons. The highest BCUT2D eigenvalue weighted by Crippen LogP contribution is 1.98. The van der Waals surface area contributed by atoms with Gasteiger partial charge in [0.15, 0.2) is 0 Å². The average Bonchev–Trinajstić information content (AvgIpc) is 2.23. The molecule has 0 fully saturated rings. The Bertz CT molecular complexity index is 178. The van der Waals surface area contributed by atoms with Crippen molar-refractivity contribution in [2.45, 2.75) is 31.9 Å². The molecule has 1 atom stereocenters. The number of nitrogens with one attached hydrogen (secondary N) is 1. The fourth-order valence-corrected chi connectivity index (χ4v) is 1.19. The third kappa shape index (κ3) is 11.4. The topological polar surface area (TPSA) is 105 Å². The van der Waals surface area contributed by atoms with E-state index in [-0.39, 0.29) is 25.7 Å². The van der Waals surface area contributed by atoms with E-state index in [0.717, 1.165) is 19.3 Å². The number of aliphatic hydroxyl groups excluding tert-OH is 2. The smallest absolute Gasteiger partial charge is 0.217 e. The van der Waals surface area contributed by atoms with Crippen molar-refractivity contribution >= 4 is 5.91 Å². The average molecular weight is 234 g/mol. The van der Waals surface area contributed by atoms with E-state index in [1.807, 2.05) is 0 Å². The largest absolute Gasteiger partial charge is 0.394 e. The van der Waals surface area contributed by atoms with E-state index in [9.17, 15) is 9.90 Å². The van der Waals surface area contributed by atoms with Gasteiger partial charge < -0.3 is 20.7 Å². The van der Waals surface area contributed by atoms with Gasteiger partial charge in [-0.2, -0.15) is 0 Å². The number of rotatable bonds is 11. The van der Waals surface area contributed by atoms with Gasteiger partial charge in [0.2, 0.25) is 5.91 Å². The first-order valence-electron chi connectivity index (χ1n) is 5.55. The van der Waals surface area contributed by atoms with Crippen LogP contribution in [0.1, 0.15) is 25.7 Å². The Labute approximate surface area is 95.8 Å². The van der Waals surface area contributed by atoms with Crippen LogP contribution in [0.25, 0.3) is 0 Å². The summed E-state index contributed by atoms with van der Waals surface area (Å²) in [5.41, 5.74) is 4.99. The zero-order valence-corrected chi connectivity index (χ0v) is 9.52. The molecule has 0 aliphatic rings. The van der Waals surface area contributed by atoms with E-state index in [1.165, 1.54) is 0 Å². The van der Waals surface area contributed by atoms with Gasteiger partial charge >= 0.3 is 0 Å². The van der Waals surface area contributed by atoms with Crippen molar-refractivity contribution < 1.29 is 19.7 Å². The van der Waals surface area contributed by atoms with Crippen LogP contribution in [0, 0.1) is 0 Å². The molecule has 5 N–H and O–H groups in total. The summed E-state index contributed by atoms with van der Waals surface area (Å²) in [5.74, 6) is -0.273. The lowest BCUT2D eigenvalue weighted by atomic mass is 10.2.